The minimum absolute atomic E-state index is 0.0945. The van der Waals surface area contributed by atoms with E-state index in [1.165, 1.54) is 11.8 Å². The van der Waals surface area contributed by atoms with E-state index in [0.717, 1.165) is 4.90 Å². The lowest BCUT2D eigenvalue weighted by atomic mass is 9.83. The number of hydrogen-bond acceptors (Lipinski definition) is 5. The van der Waals surface area contributed by atoms with E-state index in [9.17, 15) is 24.6 Å². The van der Waals surface area contributed by atoms with Crippen molar-refractivity contribution in [1.29, 1.82) is 0 Å². The van der Waals surface area contributed by atoms with Gasteiger partial charge in [-0.05, 0) is 47.5 Å². The smallest absolute Gasteiger partial charge is 0.411 e. The number of carboxylic acids is 1. The van der Waals surface area contributed by atoms with Gasteiger partial charge in [-0.15, -0.1) is 0 Å². The van der Waals surface area contributed by atoms with Gasteiger partial charge >= 0.3 is 12.1 Å². The van der Waals surface area contributed by atoms with Crippen LogP contribution in [0, 0.1) is 0 Å². The lowest BCUT2D eigenvalue weighted by Gasteiger charge is -2.53. The molecule has 8 nitrogen and oxygen atoms in total. The van der Waals surface area contributed by atoms with E-state index in [0.29, 0.717) is 12.8 Å². The fraction of sp³-hybridized carbons (Fsp3) is 0.812. The highest BCUT2D eigenvalue weighted by Gasteiger charge is 2.64. The molecule has 8 heteroatoms. The fourth-order valence-corrected chi connectivity index (χ4v) is 3.57. The van der Waals surface area contributed by atoms with Crippen molar-refractivity contribution in [3.05, 3.63) is 0 Å². The first-order valence-corrected chi connectivity index (χ1v) is 8.15. The highest BCUT2D eigenvalue weighted by Crippen LogP contribution is 2.43. The predicted molar refractivity (Wildman–Crippen MR) is 84.3 cm³/mol. The van der Waals surface area contributed by atoms with Crippen LogP contribution in [0.5, 0.6) is 0 Å². The third-order valence-electron chi connectivity index (χ3n) is 4.60. The van der Waals surface area contributed by atoms with Crippen LogP contribution < -0.4 is 0 Å². The van der Waals surface area contributed by atoms with Gasteiger partial charge in [0, 0.05) is 6.04 Å². The summed E-state index contributed by atoms with van der Waals surface area (Å²) in [7, 11) is 0. The topological polar surface area (TPSA) is 107 Å². The van der Waals surface area contributed by atoms with Crippen LogP contribution in [0.2, 0.25) is 0 Å². The van der Waals surface area contributed by atoms with E-state index in [4.69, 9.17) is 4.74 Å². The Labute approximate surface area is 141 Å². The van der Waals surface area contributed by atoms with Crippen LogP contribution >= 0.6 is 0 Å². The molecule has 2 saturated heterocycles. The number of aliphatic hydroxyl groups is 1. The van der Waals surface area contributed by atoms with Crippen LogP contribution in [0.3, 0.4) is 0 Å². The summed E-state index contributed by atoms with van der Waals surface area (Å²) in [6.45, 7) is 8.53. The van der Waals surface area contributed by atoms with Crippen molar-refractivity contribution in [2.45, 2.75) is 76.8 Å². The molecule has 24 heavy (non-hydrogen) atoms. The Morgan fingerprint density at radius 2 is 1.96 bits per heavy atom. The van der Waals surface area contributed by atoms with E-state index < -0.39 is 41.3 Å². The van der Waals surface area contributed by atoms with Crippen LogP contribution in [0.4, 0.5) is 4.79 Å². The van der Waals surface area contributed by atoms with Gasteiger partial charge in [-0.2, -0.15) is 0 Å². The van der Waals surface area contributed by atoms with E-state index in [-0.39, 0.29) is 12.6 Å². The summed E-state index contributed by atoms with van der Waals surface area (Å²) in [4.78, 5) is 39.2. The summed E-state index contributed by atoms with van der Waals surface area (Å²) < 4.78 is 5.41. The lowest BCUT2D eigenvalue weighted by molar-refractivity contribution is -0.177. The Balaban J connectivity index is 2.23. The molecule has 0 saturated carbocycles. The summed E-state index contributed by atoms with van der Waals surface area (Å²) in [6.07, 6.45) is -0.651. The normalized spacial score (nSPS) is 29.4. The molecule has 4 unspecified atom stereocenters. The van der Waals surface area contributed by atoms with Crippen LogP contribution in [0.15, 0.2) is 0 Å². The van der Waals surface area contributed by atoms with Crippen molar-refractivity contribution in [2.24, 2.45) is 0 Å². The highest BCUT2D eigenvalue weighted by atomic mass is 16.6. The number of ether oxygens (including phenoxy) is 1. The maximum Gasteiger partial charge on any atom is 0.411 e. The number of nitrogens with zero attached hydrogens (tertiary/aromatic N) is 2. The number of carbonyl (C=O) groups is 3. The zero-order valence-corrected chi connectivity index (χ0v) is 14.8. The average molecular weight is 342 g/mol. The van der Waals surface area contributed by atoms with Crippen LogP contribution in [0.25, 0.3) is 0 Å². The van der Waals surface area contributed by atoms with E-state index in [2.05, 4.69) is 0 Å². The molecule has 0 aliphatic carbocycles. The number of aliphatic hydroxyl groups excluding tert-OH is 1. The van der Waals surface area contributed by atoms with Crippen molar-refractivity contribution in [3.8, 4) is 0 Å². The van der Waals surface area contributed by atoms with Gasteiger partial charge in [-0.25, -0.2) is 9.59 Å². The number of likely N-dealkylation sites (tertiary alicyclic amines) is 2. The Morgan fingerprint density at radius 3 is 2.38 bits per heavy atom. The van der Waals surface area contributed by atoms with Crippen LogP contribution in [-0.4, -0.2) is 73.9 Å². The first-order valence-electron chi connectivity index (χ1n) is 8.15. The zero-order valence-electron chi connectivity index (χ0n) is 14.8. The molecule has 0 aromatic rings. The Morgan fingerprint density at radius 1 is 1.38 bits per heavy atom. The van der Waals surface area contributed by atoms with Gasteiger partial charge in [0.15, 0.2) is 6.04 Å². The Kier molecular flexibility index (Phi) is 4.56. The molecular weight excluding hydrogens is 316 g/mol. The van der Waals surface area contributed by atoms with Gasteiger partial charge in [0.1, 0.15) is 11.1 Å². The molecule has 2 amide bonds. The maximum absolute atomic E-state index is 12.8. The molecule has 2 aliphatic rings. The summed E-state index contributed by atoms with van der Waals surface area (Å²) in [6, 6.07) is -1.47. The second kappa shape index (κ2) is 5.91. The Bertz CT molecular complexity index is 555. The SMILES string of the molecule is CC(O)C(C(=O)O)N1CC2(CCC(C)N2C(=O)OC(C)(C)C)C1=O. The number of β-lactam (4-membered cyclic amide) rings is 1. The summed E-state index contributed by atoms with van der Waals surface area (Å²) >= 11 is 0. The molecular formula is C16H26N2O6. The molecule has 2 N–H and O–H groups in total. The second-order valence-electron chi connectivity index (χ2n) is 7.73. The third-order valence-corrected chi connectivity index (χ3v) is 4.60. The number of aliphatic carboxylic acids is 1. The molecule has 0 radical (unpaired) electrons. The molecule has 4 atom stereocenters. The lowest BCUT2D eigenvalue weighted by Crippen LogP contribution is -2.77. The van der Waals surface area contributed by atoms with Gasteiger partial charge in [0.2, 0.25) is 0 Å². The summed E-state index contributed by atoms with van der Waals surface area (Å²) in [5.74, 6) is -1.70. The molecule has 2 fully saturated rings. The highest BCUT2D eigenvalue weighted by molar-refractivity contribution is 5.99. The number of carboxylic acid groups (broad SMARTS) is 1. The quantitative estimate of drug-likeness (QED) is 0.735. The Hall–Kier alpha value is -1.83. The molecule has 0 aromatic carbocycles. The predicted octanol–water partition coefficient (Wildman–Crippen LogP) is 0.821. The first kappa shape index (κ1) is 18.5. The first-order chi connectivity index (χ1) is 10.9. The molecule has 0 aromatic heterocycles. The second-order valence-corrected chi connectivity index (χ2v) is 7.73. The minimum atomic E-state index is -1.31. The zero-order chi connectivity index (χ0) is 18.4. The number of rotatable bonds is 3. The molecule has 2 rings (SSSR count). The number of amides is 2. The summed E-state index contributed by atoms with van der Waals surface area (Å²) in [5, 5.41) is 18.9. The van der Waals surface area contributed by atoms with Crippen molar-refractivity contribution >= 4 is 18.0 Å². The van der Waals surface area contributed by atoms with E-state index >= 15 is 0 Å². The van der Waals surface area contributed by atoms with Gasteiger partial charge < -0.3 is 19.8 Å². The van der Waals surface area contributed by atoms with Gasteiger partial charge in [-0.3, -0.25) is 9.69 Å². The summed E-state index contributed by atoms with van der Waals surface area (Å²) in [5.41, 5.74) is -1.74. The molecule has 2 heterocycles. The van der Waals surface area contributed by atoms with Gasteiger partial charge in [0.25, 0.3) is 5.91 Å². The molecule has 2 aliphatic heterocycles. The van der Waals surface area contributed by atoms with Gasteiger partial charge in [0.05, 0.1) is 12.6 Å². The van der Waals surface area contributed by atoms with E-state index in [1.807, 2.05) is 6.92 Å². The number of carbonyl (C=O) groups excluding carboxylic acids is 2. The number of hydrogen-bond donors (Lipinski definition) is 2. The molecule has 1 spiro atoms. The van der Waals surface area contributed by atoms with Crippen molar-refractivity contribution in [2.75, 3.05) is 6.54 Å². The average Bonchev–Trinajstić information content (AvgIpc) is 2.75. The van der Waals surface area contributed by atoms with Crippen molar-refractivity contribution in [3.63, 3.8) is 0 Å². The van der Waals surface area contributed by atoms with E-state index in [1.54, 1.807) is 20.8 Å². The minimum Gasteiger partial charge on any atom is -0.480 e. The van der Waals surface area contributed by atoms with Crippen LogP contribution in [-0.2, 0) is 14.3 Å². The molecule has 0 bridgehead atoms. The van der Waals surface area contributed by atoms with Gasteiger partial charge in [-0.1, -0.05) is 0 Å². The standard InChI is InChI=1S/C16H26N2O6/c1-9-6-7-16(18(9)14(23)24-15(3,4)5)8-17(13(16)22)11(10(2)19)12(20)21/h9-11,19H,6-8H2,1-5H3,(H,20,21). The van der Waals surface area contributed by atoms with Crippen molar-refractivity contribution < 1.29 is 29.3 Å². The fourth-order valence-electron chi connectivity index (χ4n) is 3.57. The molecule has 136 valence electrons. The van der Waals surface area contributed by atoms with Crippen molar-refractivity contribution in [1.82, 2.24) is 9.80 Å². The largest absolute Gasteiger partial charge is 0.480 e. The third kappa shape index (κ3) is 2.94. The van der Waals surface area contributed by atoms with Crippen LogP contribution in [0.1, 0.15) is 47.5 Å². The maximum atomic E-state index is 12.8. The monoisotopic (exact) mass is 342 g/mol.